The van der Waals surface area contributed by atoms with E-state index in [-0.39, 0.29) is 5.56 Å². The highest BCUT2D eigenvalue weighted by molar-refractivity contribution is 5.94. The summed E-state index contributed by atoms with van der Waals surface area (Å²) in [5.41, 5.74) is 1.42. The topological polar surface area (TPSA) is 57.0 Å². The molecule has 20 heavy (non-hydrogen) atoms. The number of halogens is 1. The van der Waals surface area contributed by atoms with Crippen molar-refractivity contribution < 1.29 is 9.18 Å². The molecule has 2 aromatic rings. The molecule has 5 heteroatoms. The molecule has 0 saturated carbocycles. The molecule has 1 aromatic heterocycles. The molecule has 100 valence electrons. The number of amides is 1. The van der Waals surface area contributed by atoms with Crippen LogP contribution in [0.1, 0.15) is 21.5 Å². The Balaban J connectivity index is 2.11. The number of carbonyl (C=O) groups is 1. The van der Waals surface area contributed by atoms with Gasteiger partial charge in [0.1, 0.15) is 0 Å². The lowest BCUT2D eigenvalue weighted by molar-refractivity contribution is 0.0780. The molecule has 0 aliphatic rings. The van der Waals surface area contributed by atoms with E-state index >= 15 is 0 Å². The molecule has 1 heterocycles. The summed E-state index contributed by atoms with van der Waals surface area (Å²) in [5.74, 6) is -1.04. The third-order valence-corrected chi connectivity index (χ3v) is 2.85. The Morgan fingerprint density at radius 2 is 2.05 bits per heavy atom. The molecule has 1 aromatic carbocycles. The zero-order valence-electron chi connectivity index (χ0n) is 10.9. The van der Waals surface area contributed by atoms with E-state index in [1.165, 1.54) is 17.2 Å². The van der Waals surface area contributed by atoms with Crippen molar-refractivity contribution in [1.29, 1.82) is 5.26 Å². The van der Waals surface area contributed by atoms with Crippen molar-refractivity contribution in [2.75, 3.05) is 7.05 Å². The predicted octanol–water partition coefficient (Wildman–Crippen LogP) is 2.36. The van der Waals surface area contributed by atoms with Crippen LogP contribution in [0.25, 0.3) is 0 Å². The molecule has 0 spiro atoms. The minimum Gasteiger partial charge on any atom is -0.337 e. The second-order valence-corrected chi connectivity index (χ2v) is 4.33. The Kier molecular flexibility index (Phi) is 4.06. The van der Waals surface area contributed by atoms with Crippen molar-refractivity contribution in [3.8, 4) is 6.07 Å². The minimum atomic E-state index is -0.635. The zero-order chi connectivity index (χ0) is 14.5. The number of hydrogen-bond acceptors (Lipinski definition) is 3. The van der Waals surface area contributed by atoms with Crippen molar-refractivity contribution >= 4 is 5.91 Å². The molecule has 0 bridgehead atoms. The summed E-state index contributed by atoms with van der Waals surface area (Å²) in [7, 11) is 1.60. The molecule has 0 saturated heterocycles. The smallest absolute Gasteiger partial charge is 0.256 e. The van der Waals surface area contributed by atoms with Crippen LogP contribution in [0.4, 0.5) is 4.39 Å². The van der Waals surface area contributed by atoms with Gasteiger partial charge in [-0.25, -0.2) is 4.39 Å². The number of nitriles is 1. The summed E-state index contributed by atoms with van der Waals surface area (Å²) in [4.78, 5) is 17.1. The molecule has 0 aliphatic carbocycles. The van der Waals surface area contributed by atoms with Gasteiger partial charge in [0.05, 0.1) is 23.4 Å². The average molecular weight is 269 g/mol. The van der Waals surface area contributed by atoms with Crippen molar-refractivity contribution in [1.82, 2.24) is 9.88 Å². The lowest BCUT2D eigenvalue weighted by Gasteiger charge is -2.17. The van der Waals surface area contributed by atoms with Gasteiger partial charge in [0.2, 0.25) is 0 Å². The maximum absolute atomic E-state index is 13.5. The molecule has 0 N–H and O–H groups in total. The van der Waals surface area contributed by atoms with E-state index in [0.717, 1.165) is 11.8 Å². The highest BCUT2D eigenvalue weighted by Gasteiger charge is 2.16. The summed E-state index contributed by atoms with van der Waals surface area (Å²) in [5, 5.41) is 8.72. The lowest BCUT2D eigenvalue weighted by Crippen LogP contribution is -2.27. The van der Waals surface area contributed by atoms with Gasteiger partial charge < -0.3 is 4.90 Å². The first-order valence-corrected chi connectivity index (χ1v) is 5.96. The van der Waals surface area contributed by atoms with E-state index in [4.69, 9.17) is 5.26 Å². The Bertz CT molecular complexity index is 662. The van der Waals surface area contributed by atoms with Crippen LogP contribution in [0, 0.1) is 17.1 Å². The van der Waals surface area contributed by atoms with Crippen LogP contribution in [-0.4, -0.2) is 22.8 Å². The molecular formula is C15H12FN3O. The van der Waals surface area contributed by atoms with Crippen LogP contribution >= 0.6 is 0 Å². The van der Waals surface area contributed by atoms with Crippen molar-refractivity contribution in [2.24, 2.45) is 0 Å². The SMILES string of the molecule is CN(Cc1ccc(C#N)cc1)C(=O)c1ccncc1F. The van der Waals surface area contributed by atoms with Gasteiger partial charge in [0.25, 0.3) is 5.91 Å². The Morgan fingerprint density at radius 3 is 2.65 bits per heavy atom. The first kappa shape index (κ1) is 13.7. The number of pyridine rings is 1. The van der Waals surface area contributed by atoms with Gasteiger partial charge in [-0.1, -0.05) is 12.1 Å². The predicted molar refractivity (Wildman–Crippen MR) is 71.1 cm³/mol. The van der Waals surface area contributed by atoms with Gasteiger partial charge in [-0.3, -0.25) is 9.78 Å². The van der Waals surface area contributed by atoms with Gasteiger partial charge in [0, 0.05) is 19.8 Å². The third kappa shape index (κ3) is 2.98. The van der Waals surface area contributed by atoms with Crippen LogP contribution in [0.3, 0.4) is 0 Å². The molecule has 4 nitrogen and oxygen atoms in total. The summed E-state index contributed by atoms with van der Waals surface area (Å²) in [6.45, 7) is 0.340. The third-order valence-electron chi connectivity index (χ3n) is 2.85. The number of aromatic nitrogens is 1. The summed E-state index contributed by atoms with van der Waals surface area (Å²) >= 11 is 0. The van der Waals surface area contributed by atoms with Crippen LogP contribution in [0.5, 0.6) is 0 Å². The second kappa shape index (κ2) is 5.93. The Labute approximate surface area is 116 Å². The fraction of sp³-hybridized carbons (Fsp3) is 0.133. The summed E-state index contributed by atoms with van der Waals surface area (Å²) < 4.78 is 13.5. The number of hydrogen-bond donors (Lipinski definition) is 0. The van der Waals surface area contributed by atoms with E-state index in [9.17, 15) is 9.18 Å². The maximum atomic E-state index is 13.5. The second-order valence-electron chi connectivity index (χ2n) is 4.33. The molecule has 0 atom stereocenters. The van der Waals surface area contributed by atoms with Gasteiger partial charge in [-0.15, -0.1) is 0 Å². The van der Waals surface area contributed by atoms with E-state index < -0.39 is 11.7 Å². The lowest BCUT2D eigenvalue weighted by atomic mass is 10.1. The standard InChI is InChI=1S/C15H12FN3O/c1-19(10-12-4-2-11(8-17)3-5-12)15(20)13-6-7-18-9-14(13)16/h2-7,9H,10H2,1H3. The maximum Gasteiger partial charge on any atom is 0.256 e. The molecule has 0 radical (unpaired) electrons. The van der Waals surface area contributed by atoms with E-state index in [0.29, 0.717) is 12.1 Å². The van der Waals surface area contributed by atoms with E-state index in [2.05, 4.69) is 4.98 Å². The summed E-state index contributed by atoms with van der Waals surface area (Å²) in [6.07, 6.45) is 2.40. The van der Waals surface area contributed by atoms with Crippen LogP contribution in [-0.2, 0) is 6.54 Å². The van der Waals surface area contributed by atoms with Gasteiger partial charge >= 0.3 is 0 Å². The van der Waals surface area contributed by atoms with Crippen molar-refractivity contribution in [3.05, 3.63) is 65.2 Å². The largest absolute Gasteiger partial charge is 0.337 e. The number of benzene rings is 1. The zero-order valence-corrected chi connectivity index (χ0v) is 10.9. The molecular weight excluding hydrogens is 257 g/mol. The van der Waals surface area contributed by atoms with Gasteiger partial charge in [0.15, 0.2) is 5.82 Å². The Hall–Kier alpha value is -2.74. The van der Waals surface area contributed by atoms with E-state index in [1.807, 2.05) is 6.07 Å². The highest BCUT2D eigenvalue weighted by Crippen LogP contribution is 2.11. The number of carbonyl (C=O) groups excluding carboxylic acids is 1. The van der Waals surface area contributed by atoms with Crippen LogP contribution < -0.4 is 0 Å². The minimum absolute atomic E-state index is 0.00357. The van der Waals surface area contributed by atoms with Crippen LogP contribution in [0.2, 0.25) is 0 Å². The van der Waals surface area contributed by atoms with Crippen LogP contribution in [0.15, 0.2) is 42.7 Å². The average Bonchev–Trinajstić information content (AvgIpc) is 2.48. The Morgan fingerprint density at radius 1 is 1.35 bits per heavy atom. The fourth-order valence-electron chi connectivity index (χ4n) is 1.78. The fourth-order valence-corrected chi connectivity index (χ4v) is 1.78. The molecule has 0 fully saturated rings. The first-order valence-electron chi connectivity index (χ1n) is 5.96. The molecule has 0 unspecified atom stereocenters. The summed E-state index contributed by atoms with van der Waals surface area (Å²) in [6, 6.07) is 10.3. The molecule has 0 aliphatic heterocycles. The van der Waals surface area contributed by atoms with Crippen molar-refractivity contribution in [3.63, 3.8) is 0 Å². The van der Waals surface area contributed by atoms with E-state index in [1.54, 1.807) is 31.3 Å². The number of nitrogens with zero attached hydrogens (tertiary/aromatic N) is 3. The first-order chi connectivity index (χ1) is 9.61. The highest BCUT2D eigenvalue weighted by atomic mass is 19.1. The normalized spacial score (nSPS) is 9.85. The van der Waals surface area contributed by atoms with Crippen molar-refractivity contribution in [2.45, 2.75) is 6.54 Å². The van der Waals surface area contributed by atoms with Gasteiger partial charge in [-0.05, 0) is 23.8 Å². The monoisotopic (exact) mass is 269 g/mol. The molecule has 2 rings (SSSR count). The van der Waals surface area contributed by atoms with Gasteiger partial charge in [-0.2, -0.15) is 5.26 Å². The number of rotatable bonds is 3. The quantitative estimate of drug-likeness (QED) is 0.859. The molecule has 1 amide bonds.